The van der Waals surface area contributed by atoms with E-state index in [0.717, 1.165) is 5.69 Å². The molecule has 5 nitrogen and oxygen atoms in total. The SMILES string of the molecule is COC(C)c1cc(C(N)=NO)ccn1. The standard InChI is InChI=1S/C9H13N3O2/c1-6(14-2)8-5-7(3-4-11-8)9(10)12-13/h3-6,13H,1-2H3,(H2,10,12). The van der Waals surface area contributed by atoms with Gasteiger partial charge < -0.3 is 15.7 Å². The molecule has 0 aliphatic rings. The number of methoxy groups -OCH3 is 1. The predicted octanol–water partition coefficient (Wildman–Crippen LogP) is 0.884. The van der Waals surface area contributed by atoms with Crippen LogP contribution in [0, 0.1) is 0 Å². The maximum absolute atomic E-state index is 8.49. The lowest BCUT2D eigenvalue weighted by Gasteiger charge is -2.09. The largest absolute Gasteiger partial charge is 0.409 e. The first-order valence-corrected chi connectivity index (χ1v) is 4.15. The Kier molecular flexibility index (Phi) is 3.41. The van der Waals surface area contributed by atoms with Crippen molar-refractivity contribution in [1.29, 1.82) is 0 Å². The molecule has 0 radical (unpaired) electrons. The molecule has 0 spiro atoms. The lowest BCUT2D eigenvalue weighted by Crippen LogP contribution is -2.14. The molecule has 1 unspecified atom stereocenters. The van der Waals surface area contributed by atoms with Crippen LogP contribution in [-0.2, 0) is 4.74 Å². The van der Waals surface area contributed by atoms with Crippen LogP contribution in [0.3, 0.4) is 0 Å². The quantitative estimate of drug-likeness (QED) is 0.325. The molecule has 0 aliphatic heterocycles. The molecule has 14 heavy (non-hydrogen) atoms. The fraction of sp³-hybridized carbons (Fsp3) is 0.333. The van der Waals surface area contributed by atoms with Crippen LogP contribution >= 0.6 is 0 Å². The van der Waals surface area contributed by atoms with Gasteiger partial charge in [0.1, 0.15) is 0 Å². The number of aromatic nitrogens is 1. The Balaban J connectivity index is 3.01. The van der Waals surface area contributed by atoms with Gasteiger partial charge in [-0.1, -0.05) is 5.16 Å². The lowest BCUT2D eigenvalue weighted by molar-refractivity contribution is 0.116. The Bertz CT molecular complexity index is 339. The van der Waals surface area contributed by atoms with Gasteiger partial charge in [-0.25, -0.2) is 0 Å². The maximum atomic E-state index is 8.49. The highest BCUT2D eigenvalue weighted by atomic mass is 16.5. The highest BCUT2D eigenvalue weighted by Gasteiger charge is 2.07. The number of rotatable bonds is 3. The molecular weight excluding hydrogens is 182 g/mol. The minimum absolute atomic E-state index is 0.0666. The fourth-order valence-electron chi connectivity index (χ4n) is 1.01. The third kappa shape index (κ3) is 2.20. The molecule has 1 atom stereocenters. The lowest BCUT2D eigenvalue weighted by atomic mass is 10.1. The van der Waals surface area contributed by atoms with E-state index in [0.29, 0.717) is 5.56 Å². The van der Waals surface area contributed by atoms with Crippen molar-refractivity contribution >= 4 is 5.84 Å². The second-order valence-electron chi connectivity index (χ2n) is 2.83. The highest BCUT2D eigenvalue weighted by Crippen LogP contribution is 2.13. The van der Waals surface area contributed by atoms with Crippen molar-refractivity contribution in [2.45, 2.75) is 13.0 Å². The summed E-state index contributed by atoms with van der Waals surface area (Å²) in [5.41, 5.74) is 6.81. The van der Waals surface area contributed by atoms with E-state index < -0.39 is 0 Å². The summed E-state index contributed by atoms with van der Waals surface area (Å²) in [5.74, 6) is 0.0666. The molecule has 5 heteroatoms. The van der Waals surface area contributed by atoms with Crippen LogP contribution in [0.15, 0.2) is 23.5 Å². The van der Waals surface area contributed by atoms with Crippen molar-refractivity contribution in [1.82, 2.24) is 4.98 Å². The van der Waals surface area contributed by atoms with E-state index in [1.54, 1.807) is 25.4 Å². The number of nitrogens with zero attached hydrogens (tertiary/aromatic N) is 2. The van der Waals surface area contributed by atoms with E-state index in [1.807, 2.05) is 6.92 Å². The number of nitrogens with two attached hydrogens (primary N) is 1. The number of amidine groups is 1. The zero-order valence-corrected chi connectivity index (χ0v) is 8.14. The van der Waals surface area contributed by atoms with E-state index in [2.05, 4.69) is 10.1 Å². The van der Waals surface area contributed by atoms with Gasteiger partial charge in [0.2, 0.25) is 0 Å². The van der Waals surface area contributed by atoms with Crippen molar-refractivity contribution in [3.8, 4) is 0 Å². The van der Waals surface area contributed by atoms with Crippen LogP contribution < -0.4 is 5.73 Å². The molecule has 0 fully saturated rings. The third-order valence-corrected chi connectivity index (χ3v) is 1.95. The van der Waals surface area contributed by atoms with Crippen LogP contribution in [0.1, 0.15) is 24.3 Å². The van der Waals surface area contributed by atoms with E-state index in [-0.39, 0.29) is 11.9 Å². The van der Waals surface area contributed by atoms with Crippen LogP contribution in [0.5, 0.6) is 0 Å². The van der Waals surface area contributed by atoms with E-state index in [9.17, 15) is 0 Å². The molecule has 0 saturated carbocycles. The second-order valence-corrected chi connectivity index (χ2v) is 2.83. The van der Waals surface area contributed by atoms with Crippen LogP contribution in [0.25, 0.3) is 0 Å². The summed E-state index contributed by atoms with van der Waals surface area (Å²) in [7, 11) is 1.60. The Labute approximate surface area is 82.2 Å². The third-order valence-electron chi connectivity index (χ3n) is 1.95. The van der Waals surface area contributed by atoms with Crippen molar-refractivity contribution in [3.63, 3.8) is 0 Å². The van der Waals surface area contributed by atoms with Gasteiger partial charge >= 0.3 is 0 Å². The highest BCUT2D eigenvalue weighted by molar-refractivity contribution is 5.96. The van der Waals surface area contributed by atoms with Crippen LogP contribution in [-0.4, -0.2) is 23.1 Å². The van der Waals surface area contributed by atoms with Gasteiger partial charge in [0.15, 0.2) is 5.84 Å². The summed E-state index contributed by atoms with van der Waals surface area (Å²) >= 11 is 0. The number of hydrogen-bond acceptors (Lipinski definition) is 4. The van der Waals surface area contributed by atoms with E-state index >= 15 is 0 Å². The molecule has 76 valence electrons. The van der Waals surface area contributed by atoms with Gasteiger partial charge in [-0.05, 0) is 19.1 Å². The first-order valence-electron chi connectivity index (χ1n) is 4.15. The molecule has 3 N–H and O–H groups in total. The van der Waals surface area contributed by atoms with Crippen LogP contribution in [0.2, 0.25) is 0 Å². The smallest absolute Gasteiger partial charge is 0.170 e. The Morgan fingerprint density at radius 3 is 3.00 bits per heavy atom. The average molecular weight is 195 g/mol. The first kappa shape index (κ1) is 10.5. The summed E-state index contributed by atoms with van der Waals surface area (Å²) in [6, 6.07) is 3.39. The van der Waals surface area contributed by atoms with Gasteiger partial charge in [-0.15, -0.1) is 0 Å². The number of hydrogen-bond donors (Lipinski definition) is 2. The Morgan fingerprint density at radius 2 is 2.43 bits per heavy atom. The van der Waals surface area contributed by atoms with Crippen LogP contribution in [0.4, 0.5) is 0 Å². The summed E-state index contributed by atoms with van der Waals surface area (Å²) in [6.45, 7) is 1.87. The van der Waals surface area contributed by atoms with Gasteiger partial charge in [-0.2, -0.15) is 0 Å². The molecule has 1 aromatic rings. The van der Waals surface area contributed by atoms with Crippen molar-refractivity contribution < 1.29 is 9.94 Å². The van der Waals surface area contributed by atoms with Gasteiger partial charge in [0.25, 0.3) is 0 Å². The first-order chi connectivity index (χ1) is 6.69. The Hall–Kier alpha value is -1.62. The predicted molar refractivity (Wildman–Crippen MR) is 52.2 cm³/mol. The number of oxime groups is 1. The molecule has 1 aromatic heterocycles. The minimum atomic E-state index is -0.110. The molecule has 1 rings (SSSR count). The van der Waals surface area contributed by atoms with Gasteiger partial charge in [-0.3, -0.25) is 4.98 Å². The molecule has 0 bridgehead atoms. The summed E-state index contributed by atoms with van der Waals surface area (Å²) in [4.78, 5) is 4.11. The molecule has 0 amide bonds. The summed E-state index contributed by atoms with van der Waals surface area (Å²) in [5, 5.41) is 11.4. The average Bonchev–Trinajstić information content (AvgIpc) is 2.27. The summed E-state index contributed by atoms with van der Waals surface area (Å²) < 4.78 is 5.10. The van der Waals surface area contributed by atoms with Crippen molar-refractivity contribution in [2.75, 3.05) is 7.11 Å². The Morgan fingerprint density at radius 1 is 1.71 bits per heavy atom. The normalized spacial score (nSPS) is 14.0. The van der Waals surface area contributed by atoms with Gasteiger partial charge in [0.05, 0.1) is 11.8 Å². The minimum Gasteiger partial charge on any atom is -0.409 e. The van der Waals surface area contributed by atoms with E-state index in [4.69, 9.17) is 15.7 Å². The second kappa shape index (κ2) is 4.57. The zero-order chi connectivity index (χ0) is 10.6. The zero-order valence-electron chi connectivity index (χ0n) is 8.14. The topological polar surface area (TPSA) is 80.7 Å². The van der Waals surface area contributed by atoms with E-state index in [1.165, 1.54) is 0 Å². The molecule has 1 heterocycles. The molecule has 0 aliphatic carbocycles. The maximum Gasteiger partial charge on any atom is 0.170 e. The molecule has 0 aromatic carbocycles. The molecule has 0 saturated heterocycles. The molecular formula is C9H13N3O2. The van der Waals surface area contributed by atoms with Crippen molar-refractivity contribution in [2.24, 2.45) is 10.9 Å². The van der Waals surface area contributed by atoms with Gasteiger partial charge in [0, 0.05) is 18.9 Å². The number of ether oxygens (including phenoxy) is 1. The summed E-state index contributed by atoms with van der Waals surface area (Å²) in [6.07, 6.45) is 1.49. The monoisotopic (exact) mass is 195 g/mol. The van der Waals surface area contributed by atoms with Crippen molar-refractivity contribution in [3.05, 3.63) is 29.6 Å². The fourth-order valence-corrected chi connectivity index (χ4v) is 1.01. The number of pyridine rings is 1.